The van der Waals surface area contributed by atoms with E-state index in [-0.39, 0.29) is 5.56 Å². The van der Waals surface area contributed by atoms with Crippen molar-refractivity contribution in [3.63, 3.8) is 0 Å². The summed E-state index contributed by atoms with van der Waals surface area (Å²) in [5, 5.41) is 3.17. The van der Waals surface area contributed by atoms with Crippen molar-refractivity contribution < 1.29 is 4.74 Å². The van der Waals surface area contributed by atoms with Crippen molar-refractivity contribution in [3.05, 3.63) is 27.9 Å². The van der Waals surface area contributed by atoms with Crippen LogP contribution in [0.5, 0.6) is 0 Å². The van der Waals surface area contributed by atoms with Crippen LogP contribution >= 0.6 is 11.8 Å². The zero-order chi connectivity index (χ0) is 12.5. The molecule has 0 radical (unpaired) electrons. The average Bonchev–Trinajstić information content (AvgIpc) is 2.31. The minimum atomic E-state index is -0.0877. The highest BCUT2D eigenvalue weighted by Crippen LogP contribution is 2.06. The number of H-pyrrole nitrogens is 1. The van der Waals surface area contributed by atoms with E-state index < -0.39 is 0 Å². The van der Waals surface area contributed by atoms with E-state index in [0.717, 1.165) is 29.6 Å². The van der Waals surface area contributed by atoms with Crippen LogP contribution in [0.2, 0.25) is 0 Å². The highest BCUT2D eigenvalue weighted by Gasteiger charge is 2.01. The normalized spacial score (nSPS) is 10.7. The maximum absolute atomic E-state index is 11.4. The first-order valence-electron chi connectivity index (χ1n) is 5.62. The molecule has 1 aromatic rings. The summed E-state index contributed by atoms with van der Waals surface area (Å²) in [6.45, 7) is 4.09. The van der Waals surface area contributed by atoms with Gasteiger partial charge in [0, 0.05) is 26.3 Å². The summed E-state index contributed by atoms with van der Waals surface area (Å²) in [6, 6.07) is 1.53. The smallest absolute Gasteiger partial charge is 0.251 e. The van der Waals surface area contributed by atoms with Crippen molar-refractivity contribution in [1.82, 2.24) is 15.3 Å². The van der Waals surface area contributed by atoms with Crippen LogP contribution in [-0.4, -0.2) is 36.0 Å². The largest absolute Gasteiger partial charge is 0.383 e. The molecule has 0 aromatic carbocycles. The fourth-order valence-corrected chi connectivity index (χ4v) is 1.85. The van der Waals surface area contributed by atoms with Gasteiger partial charge in [-0.1, -0.05) is 6.92 Å². The van der Waals surface area contributed by atoms with E-state index in [0.29, 0.717) is 13.2 Å². The monoisotopic (exact) mass is 257 g/mol. The Morgan fingerprint density at radius 2 is 2.41 bits per heavy atom. The molecule has 2 N–H and O–H groups in total. The van der Waals surface area contributed by atoms with Gasteiger partial charge in [0.15, 0.2) is 0 Å². The Kier molecular flexibility index (Phi) is 6.91. The van der Waals surface area contributed by atoms with Gasteiger partial charge in [0.05, 0.1) is 18.1 Å². The number of ether oxygens (including phenoxy) is 1. The van der Waals surface area contributed by atoms with E-state index in [1.54, 1.807) is 18.9 Å². The average molecular weight is 257 g/mol. The lowest BCUT2D eigenvalue weighted by molar-refractivity contribution is 0.199. The van der Waals surface area contributed by atoms with Crippen LogP contribution in [0, 0.1) is 0 Å². The van der Waals surface area contributed by atoms with Crippen molar-refractivity contribution in [1.29, 1.82) is 0 Å². The van der Waals surface area contributed by atoms with Gasteiger partial charge in [-0.3, -0.25) is 4.79 Å². The van der Waals surface area contributed by atoms with Gasteiger partial charge >= 0.3 is 0 Å². The Hall–Kier alpha value is -0.850. The highest BCUT2D eigenvalue weighted by atomic mass is 32.2. The quantitative estimate of drug-likeness (QED) is 0.673. The second kappa shape index (κ2) is 8.27. The van der Waals surface area contributed by atoms with E-state index in [4.69, 9.17) is 4.74 Å². The maximum atomic E-state index is 11.4. The van der Waals surface area contributed by atoms with E-state index >= 15 is 0 Å². The van der Waals surface area contributed by atoms with Gasteiger partial charge in [-0.25, -0.2) is 4.98 Å². The molecule has 1 heterocycles. The van der Waals surface area contributed by atoms with Crippen LogP contribution in [-0.2, 0) is 17.0 Å². The van der Waals surface area contributed by atoms with Gasteiger partial charge in [0.25, 0.3) is 5.56 Å². The Balaban J connectivity index is 2.53. The van der Waals surface area contributed by atoms with Crippen molar-refractivity contribution in [3.8, 4) is 0 Å². The Bertz CT molecular complexity index is 381. The van der Waals surface area contributed by atoms with Gasteiger partial charge in [-0.05, 0) is 5.75 Å². The SMILES string of the molecule is CCSCc1nc(CNCCOC)cc(=O)[nH]1. The second-order valence-electron chi connectivity index (χ2n) is 3.49. The first-order valence-corrected chi connectivity index (χ1v) is 6.78. The lowest BCUT2D eigenvalue weighted by Gasteiger charge is -2.05. The molecule has 0 aliphatic rings. The molecule has 0 spiro atoms. The van der Waals surface area contributed by atoms with Crippen LogP contribution in [0.4, 0.5) is 0 Å². The number of thioether (sulfide) groups is 1. The van der Waals surface area contributed by atoms with Crippen molar-refractivity contribution in [2.45, 2.75) is 19.2 Å². The third kappa shape index (κ3) is 5.86. The molecule has 0 fully saturated rings. The number of hydrogen-bond acceptors (Lipinski definition) is 5. The molecule has 0 atom stereocenters. The number of nitrogens with one attached hydrogen (secondary N) is 2. The number of hydrogen-bond donors (Lipinski definition) is 2. The molecule has 0 aliphatic heterocycles. The molecule has 0 amide bonds. The Morgan fingerprint density at radius 1 is 1.59 bits per heavy atom. The van der Waals surface area contributed by atoms with Crippen LogP contribution in [0.3, 0.4) is 0 Å². The van der Waals surface area contributed by atoms with Crippen LogP contribution in [0.1, 0.15) is 18.4 Å². The Labute approximate surface area is 105 Å². The van der Waals surface area contributed by atoms with Gasteiger partial charge in [-0.2, -0.15) is 11.8 Å². The lowest BCUT2D eigenvalue weighted by Crippen LogP contribution is -2.21. The molecule has 1 aromatic heterocycles. The van der Waals surface area contributed by atoms with E-state index in [1.807, 2.05) is 0 Å². The second-order valence-corrected chi connectivity index (χ2v) is 4.76. The number of aromatic nitrogens is 2. The molecule has 5 nitrogen and oxygen atoms in total. The first-order chi connectivity index (χ1) is 8.26. The summed E-state index contributed by atoms with van der Waals surface area (Å²) in [4.78, 5) is 18.5. The molecule has 6 heteroatoms. The van der Waals surface area contributed by atoms with Crippen LogP contribution < -0.4 is 10.9 Å². The summed E-state index contributed by atoms with van der Waals surface area (Å²) < 4.78 is 4.93. The highest BCUT2D eigenvalue weighted by molar-refractivity contribution is 7.98. The van der Waals surface area contributed by atoms with Crippen molar-refractivity contribution >= 4 is 11.8 Å². The maximum Gasteiger partial charge on any atom is 0.251 e. The van der Waals surface area contributed by atoms with Gasteiger partial charge in [0.2, 0.25) is 0 Å². The lowest BCUT2D eigenvalue weighted by atomic mass is 10.4. The minimum Gasteiger partial charge on any atom is -0.383 e. The number of nitrogens with zero attached hydrogens (tertiary/aromatic N) is 1. The molecular weight excluding hydrogens is 238 g/mol. The molecule has 1 rings (SSSR count). The minimum absolute atomic E-state index is 0.0877. The summed E-state index contributed by atoms with van der Waals surface area (Å²) in [6.07, 6.45) is 0. The third-order valence-corrected chi connectivity index (χ3v) is 2.96. The zero-order valence-corrected chi connectivity index (χ0v) is 11.1. The summed E-state index contributed by atoms with van der Waals surface area (Å²) >= 11 is 1.74. The molecular formula is C11H19N3O2S. The van der Waals surface area contributed by atoms with Crippen LogP contribution in [0.15, 0.2) is 10.9 Å². The van der Waals surface area contributed by atoms with Gasteiger partial charge in [0.1, 0.15) is 5.82 Å². The van der Waals surface area contributed by atoms with E-state index in [1.165, 1.54) is 6.07 Å². The van der Waals surface area contributed by atoms with Gasteiger partial charge < -0.3 is 15.0 Å². The fourth-order valence-electron chi connectivity index (χ4n) is 1.31. The van der Waals surface area contributed by atoms with Crippen LogP contribution in [0.25, 0.3) is 0 Å². The molecule has 0 bridgehead atoms. The molecule has 0 saturated heterocycles. The van der Waals surface area contributed by atoms with E-state index in [2.05, 4.69) is 22.2 Å². The topological polar surface area (TPSA) is 67.0 Å². The standard InChI is InChI=1S/C11H19N3O2S/c1-3-17-8-10-13-9(6-11(15)14-10)7-12-4-5-16-2/h6,12H,3-5,7-8H2,1-2H3,(H,13,14,15). The molecule has 0 saturated carbocycles. The van der Waals surface area contributed by atoms with Crippen molar-refractivity contribution in [2.24, 2.45) is 0 Å². The van der Waals surface area contributed by atoms with E-state index in [9.17, 15) is 4.79 Å². The predicted molar refractivity (Wildman–Crippen MR) is 70.3 cm³/mol. The zero-order valence-electron chi connectivity index (χ0n) is 10.3. The molecule has 96 valence electrons. The number of rotatable bonds is 8. The predicted octanol–water partition coefficient (Wildman–Crippen LogP) is 0.759. The fraction of sp³-hybridized carbons (Fsp3) is 0.636. The van der Waals surface area contributed by atoms with Gasteiger partial charge in [-0.15, -0.1) is 0 Å². The molecule has 0 unspecified atom stereocenters. The number of aromatic amines is 1. The summed E-state index contributed by atoms with van der Waals surface area (Å²) in [5.74, 6) is 2.51. The number of methoxy groups -OCH3 is 1. The first kappa shape index (κ1) is 14.2. The Morgan fingerprint density at radius 3 is 3.12 bits per heavy atom. The summed E-state index contributed by atoms with van der Waals surface area (Å²) in [7, 11) is 1.66. The molecule has 0 aliphatic carbocycles. The van der Waals surface area contributed by atoms with Crippen molar-refractivity contribution in [2.75, 3.05) is 26.0 Å². The summed E-state index contributed by atoms with van der Waals surface area (Å²) in [5.41, 5.74) is 0.687. The third-order valence-electron chi connectivity index (χ3n) is 2.08. The molecule has 17 heavy (non-hydrogen) atoms.